The average molecular weight is 313 g/mol. The number of benzene rings is 1. The van der Waals surface area contributed by atoms with Crippen LogP contribution in [0.1, 0.15) is 29.5 Å². The summed E-state index contributed by atoms with van der Waals surface area (Å²) >= 11 is 0. The molecule has 23 heavy (non-hydrogen) atoms. The fourth-order valence-corrected chi connectivity index (χ4v) is 3.13. The van der Waals surface area contributed by atoms with E-state index in [0.29, 0.717) is 12.5 Å². The Bertz CT molecular complexity index is 666. The predicted octanol–water partition coefficient (Wildman–Crippen LogP) is 2.39. The highest BCUT2D eigenvalue weighted by Crippen LogP contribution is 2.33. The van der Waals surface area contributed by atoms with Crippen molar-refractivity contribution in [2.75, 3.05) is 13.2 Å². The molecule has 1 aliphatic rings. The van der Waals surface area contributed by atoms with Crippen LogP contribution in [0.5, 0.6) is 0 Å². The number of hydrogen-bond donors (Lipinski definition) is 1. The molecule has 1 aliphatic heterocycles. The van der Waals surface area contributed by atoms with E-state index in [1.165, 1.54) is 5.56 Å². The molecule has 1 N–H and O–H groups in total. The molecule has 2 aromatic rings. The Kier molecular flexibility index (Phi) is 4.76. The molecule has 0 aliphatic carbocycles. The molecule has 1 aromatic heterocycles. The van der Waals surface area contributed by atoms with Gasteiger partial charge in [0, 0.05) is 24.8 Å². The highest BCUT2D eigenvalue weighted by atomic mass is 16.5. The van der Waals surface area contributed by atoms with Gasteiger partial charge in [-0.1, -0.05) is 30.3 Å². The summed E-state index contributed by atoms with van der Waals surface area (Å²) in [5, 5.41) is 7.35. The third-order valence-corrected chi connectivity index (χ3v) is 4.30. The number of aromatic nitrogens is 2. The van der Waals surface area contributed by atoms with Gasteiger partial charge in [0.15, 0.2) is 0 Å². The number of aryl methyl sites for hydroxylation is 2. The number of rotatable bonds is 5. The van der Waals surface area contributed by atoms with Crippen LogP contribution in [0.3, 0.4) is 0 Å². The Labute approximate surface area is 136 Å². The molecule has 0 unspecified atom stereocenters. The van der Waals surface area contributed by atoms with Gasteiger partial charge in [0.1, 0.15) is 6.54 Å². The van der Waals surface area contributed by atoms with Crippen molar-refractivity contribution < 1.29 is 9.53 Å². The summed E-state index contributed by atoms with van der Waals surface area (Å²) in [6.45, 7) is 5.55. The number of nitrogens with one attached hydrogen (secondary N) is 1. The standard InChI is InChI=1S/C18H23N3O2/c1-13-10-14(2)21(20-13)12-17(22)19-11-16-8-9-23-18(16)15-6-4-3-5-7-15/h3-7,10,16,18H,8-9,11-12H2,1-2H3,(H,19,22)/t16-,18-/m0/s1. The van der Waals surface area contributed by atoms with Crippen molar-refractivity contribution in [2.24, 2.45) is 5.92 Å². The molecule has 1 fully saturated rings. The quantitative estimate of drug-likeness (QED) is 0.922. The largest absolute Gasteiger partial charge is 0.373 e. The lowest BCUT2D eigenvalue weighted by molar-refractivity contribution is -0.122. The second kappa shape index (κ2) is 6.96. The highest BCUT2D eigenvalue weighted by molar-refractivity contribution is 5.75. The van der Waals surface area contributed by atoms with Gasteiger partial charge in [-0.2, -0.15) is 5.10 Å². The monoisotopic (exact) mass is 313 g/mol. The topological polar surface area (TPSA) is 56.2 Å². The van der Waals surface area contributed by atoms with Crippen molar-refractivity contribution in [3.8, 4) is 0 Å². The van der Waals surface area contributed by atoms with Crippen LogP contribution in [0.4, 0.5) is 0 Å². The van der Waals surface area contributed by atoms with Crippen LogP contribution in [0.2, 0.25) is 0 Å². The highest BCUT2D eigenvalue weighted by Gasteiger charge is 2.29. The average Bonchev–Trinajstić information content (AvgIpc) is 3.13. The molecule has 0 radical (unpaired) electrons. The zero-order valence-electron chi connectivity index (χ0n) is 13.7. The molecule has 1 saturated heterocycles. The zero-order chi connectivity index (χ0) is 16.2. The third-order valence-electron chi connectivity index (χ3n) is 4.30. The molecule has 1 aromatic carbocycles. The number of hydrogen-bond acceptors (Lipinski definition) is 3. The third kappa shape index (κ3) is 3.79. The molecule has 1 amide bonds. The summed E-state index contributed by atoms with van der Waals surface area (Å²) in [5.74, 6) is 0.316. The van der Waals surface area contributed by atoms with Crippen molar-refractivity contribution in [2.45, 2.75) is 32.9 Å². The van der Waals surface area contributed by atoms with E-state index in [0.717, 1.165) is 24.4 Å². The Morgan fingerprint density at radius 1 is 1.35 bits per heavy atom. The van der Waals surface area contributed by atoms with E-state index < -0.39 is 0 Å². The van der Waals surface area contributed by atoms with Crippen LogP contribution in [0.15, 0.2) is 36.4 Å². The van der Waals surface area contributed by atoms with Crippen LogP contribution in [-0.4, -0.2) is 28.8 Å². The first-order valence-electron chi connectivity index (χ1n) is 8.08. The molecule has 0 spiro atoms. The summed E-state index contributed by atoms with van der Waals surface area (Å²) in [6, 6.07) is 12.2. The van der Waals surface area contributed by atoms with Gasteiger partial charge in [0.25, 0.3) is 0 Å². The summed E-state index contributed by atoms with van der Waals surface area (Å²) in [4.78, 5) is 12.2. The van der Waals surface area contributed by atoms with Crippen molar-refractivity contribution in [1.82, 2.24) is 15.1 Å². The lowest BCUT2D eigenvalue weighted by Crippen LogP contribution is -2.33. The maximum absolute atomic E-state index is 12.2. The summed E-state index contributed by atoms with van der Waals surface area (Å²) < 4.78 is 7.60. The Balaban J connectivity index is 1.55. The number of carbonyl (C=O) groups excluding carboxylic acids is 1. The van der Waals surface area contributed by atoms with Crippen LogP contribution in [-0.2, 0) is 16.1 Å². The van der Waals surface area contributed by atoms with E-state index in [2.05, 4.69) is 22.5 Å². The Morgan fingerprint density at radius 3 is 2.83 bits per heavy atom. The Morgan fingerprint density at radius 2 is 2.13 bits per heavy atom. The van der Waals surface area contributed by atoms with E-state index in [4.69, 9.17) is 4.74 Å². The number of ether oxygens (including phenoxy) is 1. The minimum Gasteiger partial charge on any atom is -0.373 e. The van der Waals surface area contributed by atoms with Crippen molar-refractivity contribution in [1.29, 1.82) is 0 Å². The number of amides is 1. The normalized spacial score (nSPS) is 20.6. The summed E-state index contributed by atoms with van der Waals surface area (Å²) in [6.07, 6.45) is 1.05. The molecule has 3 rings (SSSR count). The van der Waals surface area contributed by atoms with E-state index in [1.54, 1.807) is 4.68 Å². The predicted molar refractivity (Wildman–Crippen MR) is 88.0 cm³/mol. The fraction of sp³-hybridized carbons (Fsp3) is 0.444. The van der Waals surface area contributed by atoms with Crippen LogP contribution in [0.25, 0.3) is 0 Å². The van der Waals surface area contributed by atoms with Crippen LogP contribution in [0, 0.1) is 19.8 Å². The van der Waals surface area contributed by atoms with E-state index in [9.17, 15) is 4.79 Å². The molecule has 5 heteroatoms. The van der Waals surface area contributed by atoms with Crippen LogP contribution >= 0.6 is 0 Å². The van der Waals surface area contributed by atoms with Gasteiger partial charge < -0.3 is 10.1 Å². The summed E-state index contributed by atoms with van der Waals surface area (Å²) in [7, 11) is 0. The molecular formula is C18H23N3O2. The second-order valence-electron chi connectivity index (χ2n) is 6.14. The van der Waals surface area contributed by atoms with Gasteiger partial charge in [0.05, 0.1) is 11.8 Å². The summed E-state index contributed by atoms with van der Waals surface area (Å²) in [5.41, 5.74) is 3.12. The molecule has 122 valence electrons. The van der Waals surface area contributed by atoms with Crippen molar-refractivity contribution >= 4 is 5.91 Å². The number of nitrogens with zero attached hydrogens (tertiary/aromatic N) is 2. The van der Waals surface area contributed by atoms with Gasteiger partial charge in [-0.3, -0.25) is 9.48 Å². The van der Waals surface area contributed by atoms with Crippen LogP contribution < -0.4 is 5.32 Å². The molecule has 2 atom stereocenters. The molecule has 0 bridgehead atoms. The zero-order valence-corrected chi connectivity index (χ0v) is 13.7. The first-order valence-corrected chi connectivity index (χ1v) is 8.08. The van der Waals surface area contributed by atoms with Gasteiger partial charge in [-0.05, 0) is 31.9 Å². The second-order valence-corrected chi connectivity index (χ2v) is 6.14. The van der Waals surface area contributed by atoms with Crippen molar-refractivity contribution in [3.63, 3.8) is 0 Å². The van der Waals surface area contributed by atoms with E-state index in [1.807, 2.05) is 38.1 Å². The Hall–Kier alpha value is -2.14. The lowest BCUT2D eigenvalue weighted by atomic mass is 9.95. The maximum Gasteiger partial charge on any atom is 0.241 e. The van der Waals surface area contributed by atoms with Gasteiger partial charge in [-0.25, -0.2) is 0 Å². The molecule has 2 heterocycles. The van der Waals surface area contributed by atoms with E-state index >= 15 is 0 Å². The molecule has 5 nitrogen and oxygen atoms in total. The smallest absolute Gasteiger partial charge is 0.241 e. The minimum atomic E-state index is -0.00471. The van der Waals surface area contributed by atoms with Crippen molar-refractivity contribution in [3.05, 3.63) is 53.3 Å². The lowest BCUT2D eigenvalue weighted by Gasteiger charge is -2.19. The van der Waals surface area contributed by atoms with Gasteiger partial charge in [0.2, 0.25) is 5.91 Å². The maximum atomic E-state index is 12.2. The van der Waals surface area contributed by atoms with Gasteiger partial charge in [-0.15, -0.1) is 0 Å². The molecule has 0 saturated carbocycles. The SMILES string of the molecule is Cc1cc(C)n(CC(=O)NC[C@@H]2CCO[C@H]2c2ccccc2)n1. The minimum absolute atomic E-state index is 0.00471. The number of carbonyl (C=O) groups is 1. The first-order chi connectivity index (χ1) is 11.1. The van der Waals surface area contributed by atoms with Gasteiger partial charge >= 0.3 is 0 Å². The first kappa shape index (κ1) is 15.7. The van der Waals surface area contributed by atoms with E-state index in [-0.39, 0.29) is 18.6 Å². The fourth-order valence-electron chi connectivity index (χ4n) is 3.13. The molecular weight excluding hydrogens is 290 g/mol.